The summed E-state index contributed by atoms with van der Waals surface area (Å²) in [5, 5.41) is 3.67. The van der Waals surface area contributed by atoms with E-state index in [0.717, 1.165) is 5.92 Å². The van der Waals surface area contributed by atoms with E-state index in [-0.39, 0.29) is 5.54 Å². The van der Waals surface area contributed by atoms with Gasteiger partial charge in [-0.2, -0.15) is 0 Å². The third-order valence-corrected chi connectivity index (χ3v) is 4.72. The molecule has 1 heteroatoms. The maximum absolute atomic E-state index is 3.67. The van der Waals surface area contributed by atoms with Crippen LogP contribution in [0.3, 0.4) is 0 Å². The maximum atomic E-state index is 3.67. The van der Waals surface area contributed by atoms with Crippen molar-refractivity contribution in [3.05, 3.63) is 35.4 Å². The molecule has 0 aromatic heterocycles. The Morgan fingerprint density at radius 3 is 2.71 bits per heavy atom. The predicted molar refractivity (Wildman–Crippen MR) is 72.2 cm³/mol. The fraction of sp³-hybridized carbons (Fsp3) is 0.625. The van der Waals surface area contributed by atoms with E-state index in [1.807, 2.05) is 0 Å². The normalized spacial score (nSPS) is 29.9. The van der Waals surface area contributed by atoms with E-state index in [2.05, 4.69) is 36.5 Å². The van der Waals surface area contributed by atoms with Crippen LogP contribution in [0.4, 0.5) is 0 Å². The van der Waals surface area contributed by atoms with Gasteiger partial charge in [0.15, 0.2) is 0 Å². The molecule has 2 fully saturated rings. The van der Waals surface area contributed by atoms with Gasteiger partial charge in [0.25, 0.3) is 0 Å². The molecule has 1 aromatic carbocycles. The highest BCUT2D eigenvalue weighted by Crippen LogP contribution is 2.37. The molecule has 1 unspecified atom stereocenters. The predicted octanol–water partition coefficient (Wildman–Crippen LogP) is 3.94. The monoisotopic (exact) mass is 229 g/mol. The molecular weight excluding hydrogens is 206 g/mol. The summed E-state index contributed by atoms with van der Waals surface area (Å²) in [6.07, 6.45) is 8.22. The number of rotatable bonds is 2. The summed E-state index contributed by atoms with van der Waals surface area (Å²) in [5.41, 5.74) is 3.31. The van der Waals surface area contributed by atoms with Gasteiger partial charge >= 0.3 is 0 Å². The Balaban J connectivity index is 1.88. The smallest absolute Gasteiger partial charge is 0.0406 e. The molecule has 1 nitrogen and oxygen atoms in total. The molecule has 1 aliphatic heterocycles. The second-order valence-electron chi connectivity index (χ2n) is 5.97. The Morgan fingerprint density at radius 1 is 1.18 bits per heavy atom. The molecule has 1 aromatic rings. The summed E-state index contributed by atoms with van der Waals surface area (Å²) in [7, 11) is 0. The zero-order valence-electron chi connectivity index (χ0n) is 10.8. The van der Waals surface area contributed by atoms with Crippen LogP contribution < -0.4 is 5.32 Å². The van der Waals surface area contributed by atoms with Crippen LogP contribution in [0, 0.1) is 0 Å². The van der Waals surface area contributed by atoms with Crippen LogP contribution in [0.2, 0.25) is 0 Å². The zero-order valence-corrected chi connectivity index (χ0v) is 10.8. The van der Waals surface area contributed by atoms with Gasteiger partial charge in [-0.05, 0) is 56.2 Å². The second-order valence-corrected chi connectivity index (χ2v) is 5.97. The molecule has 0 radical (unpaired) electrons. The van der Waals surface area contributed by atoms with Crippen LogP contribution in [-0.2, 0) is 5.54 Å². The van der Waals surface area contributed by atoms with E-state index >= 15 is 0 Å². The molecule has 0 bridgehead atoms. The lowest BCUT2D eigenvalue weighted by Crippen LogP contribution is -2.33. The third-order valence-electron chi connectivity index (χ3n) is 4.72. The third kappa shape index (κ3) is 2.13. The van der Waals surface area contributed by atoms with Gasteiger partial charge in [0.2, 0.25) is 0 Å². The Bertz CT molecular complexity index is 384. The van der Waals surface area contributed by atoms with Crippen molar-refractivity contribution in [2.75, 3.05) is 6.54 Å². The van der Waals surface area contributed by atoms with Gasteiger partial charge in [0.1, 0.15) is 0 Å². The summed E-state index contributed by atoms with van der Waals surface area (Å²) in [6, 6.07) is 9.36. The van der Waals surface area contributed by atoms with Gasteiger partial charge in [0.05, 0.1) is 0 Å². The van der Waals surface area contributed by atoms with Crippen LogP contribution in [0.15, 0.2) is 24.3 Å². The Morgan fingerprint density at radius 2 is 2.00 bits per heavy atom. The van der Waals surface area contributed by atoms with Crippen LogP contribution in [0.5, 0.6) is 0 Å². The van der Waals surface area contributed by atoms with E-state index in [0.29, 0.717) is 0 Å². The molecule has 1 saturated heterocycles. The molecule has 17 heavy (non-hydrogen) atoms. The molecule has 1 atom stereocenters. The number of benzene rings is 1. The minimum absolute atomic E-state index is 0.231. The lowest BCUT2D eigenvalue weighted by Gasteiger charge is -2.26. The van der Waals surface area contributed by atoms with Gasteiger partial charge in [0, 0.05) is 5.54 Å². The standard InChI is InChI=1S/C16H23N/c1-16(10-5-11-17-16)15-9-4-8-14(12-15)13-6-2-3-7-13/h4,8-9,12-13,17H,2-3,5-7,10-11H2,1H3. The van der Waals surface area contributed by atoms with E-state index in [4.69, 9.17) is 0 Å². The quantitative estimate of drug-likeness (QED) is 0.810. The fourth-order valence-electron chi connectivity index (χ4n) is 3.54. The molecule has 1 N–H and O–H groups in total. The highest BCUT2D eigenvalue weighted by molar-refractivity contribution is 5.32. The first-order chi connectivity index (χ1) is 8.28. The molecule has 1 saturated carbocycles. The van der Waals surface area contributed by atoms with E-state index in [9.17, 15) is 0 Å². The van der Waals surface area contributed by atoms with Gasteiger partial charge in [-0.25, -0.2) is 0 Å². The van der Waals surface area contributed by atoms with Gasteiger partial charge < -0.3 is 5.32 Å². The zero-order chi connectivity index (χ0) is 11.7. The highest BCUT2D eigenvalue weighted by Gasteiger charge is 2.30. The van der Waals surface area contributed by atoms with Gasteiger partial charge in [-0.3, -0.25) is 0 Å². The van der Waals surface area contributed by atoms with E-state index in [1.54, 1.807) is 5.56 Å². The Kier molecular flexibility index (Phi) is 2.96. The van der Waals surface area contributed by atoms with Crippen LogP contribution >= 0.6 is 0 Å². The SMILES string of the molecule is CC1(c2cccc(C3CCCC3)c2)CCCN1. The number of nitrogens with one attached hydrogen (secondary N) is 1. The summed E-state index contributed by atoms with van der Waals surface area (Å²) >= 11 is 0. The number of hydrogen-bond acceptors (Lipinski definition) is 1. The van der Waals surface area contributed by atoms with Crippen LogP contribution in [0.1, 0.15) is 62.5 Å². The van der Waals surface area contributed by atoms with E-state index < -0.39 is 0 Å². The molecular formula is C16H23N. The summed E-state index contributed by atoms with van der Waals surface area (Å²) in [4.78, 5) is 0. The Hall–Kier alpha value is -0.820. The minimum Gasteiger partial charge on any atom is -0.308 e. The van der Waals surface area contributed by atoms with Crippen molar-refractivity contribution in [3.63, 3.8) is 0 Å². The van der Waals surface area contributed by atoms with Crippen molar-refractivity contribution in [1.82, 2.24) is 5.32 Å². The van der Waals surface area contributed by atoms with E-state index in [1.165, 1.54) is 50.6 Å². The molecule has 1 aliphatic carbocycles. The van der Waals surface area contributed by atoms with Crippen molar-refractivity contribution in [2.45, 2.75) is 56.9 Å². The molecule has 0 spiro atoms. The molecule has 2 aliphatic rings. The first-order valence-electron chi connectivity index (χ1n) is 7.13. The van der Waals surface area contributed by atoms with Crippen LogP contribution in [0.25, 0.3) is 0 Å². The maximum Gasteiger partial charge on any atom is 0.0406 e. The summed E-state index contributed by atoms with van der Waals surface area (Å²) in [5.74, 6) is 0.833. The highest BCUT2D eigenvalue weighted by atomic mass is 15.0. The molecule has 0 amide bonds. The molecule has 1 heterocycles. The summed E-state index contributed by atoms with van der Waals surface area (Å²) in [6.45, 7) is 3.53. The fourth-order valence-corrected chi connectivity index (χ4v) is 3.54. The lowest BCUT2D eigenvalue weighted by atomic mass is 9.87. The van der Waals surface area contributed by atoms with Crippen molar-refractivity contribution >= 4 is 0 Å². The van der Waals surface area contributed by atoms with Crippen LogP contribution in [-0.4, -0.2) is 6.54 Å². The second kappa shape index (κ2) is 4.45. The number of hydrogen-bond donors (Lipinski definition) is 1. The molecule has 3 rings (SSSR count). The van der Waals surface area contributed by atoms with Crippen molar-refractivity contribution in [1.29, 1.82) is 0 Å². The van der Waals surface area contributed by atoms with Crippen molar-refractivity contribution in [2.24, 2.45) is 0 Å². The van der Waals surface area contributed by atoms with Crippen molar-refractivity contribution < 1.29 is 0 Å². The van der Waals surface area contributed by atoms with Gasteiger partial charge in [-0.15, -0.1) is 0 Å². The largest absolute Gasteiger partial charge is 0.308 e. The lowest BCUT2D eigenvalue weighted by molar-refractivity contribution is 0.434. The Labute approximate surface area is 105 Å². The average Bonchev–Trinajstić information content (AvgIpc) is 3.01. The summed E-state index contributed by atoms with van der Waals surface area (Å²) < 4.78 is 0. The van der Waals surface area contributed by atoms with Gasteiger partial charge in [-0.1, -0.05) is 37.1 Å². The average molecular weight is 229 g/mol. The first-order valence-corrected chi connectivity index (χ1v) is 7.13. The topological polar surface area (TPSA) is 12.0 Å². The van der Waals surface area contributed by atoms with Crippen molar-refractivity contribution in [3.8, 4) is 0 Å². The minimum atomic E-state index is 0.231. The molecule has 92 valence electrons. The first kappa shape index (κ1) is 11.3.